The summed E-state index contributed by atoms with van der Waals surface area (Å²) in [5, 5.41) is 3.91. The molecule has 0 radical (unpaired) electrons. The lowest BCUT2D eigenvalue weighted by molar-refractivity contribution is -0.149. The van der Waals surface area contributed by atoms with Gasteiger partial charge < -0.3 is 15.0 Å². The lowest BCUT2D eigenvalue weighted by Gasteiger charge is -2.35. The summed E-state index contributed by atoms with van der Waals surface area (Å²) < 4.78 is 4.93. The molecule has 1 fully saturated rings. The first kappa shape index (κ1) is 14.6. The van der Waals surface area contributed by atoms with Crippen molar-refractivity contribution in [1.29, 1.82) is 0 Å². The van der Waals surface area contributed by atoms with Gasteiger partial charge in [-0.1, -0.05) is 19.3 Å². The number of aromatic amines is 1. The van der Waals surface area contributed by atoms with Crippen LogP contribution < -0.4 is 5.32 Å². The zero-order valence-corrected chi connectivity index (χ0v) is 12.6. The van der Waals surface area contributed by atoms with Gasteiger partial charge in [-0.25, -0.2) is 4.79 Å². The van der Waals surface area contributed by atoms with Crippen LogP contribution in [-0.2, 0) is 9.53 Å². The van der Waals surface area contributed by atoms with Crippen molar-refractivity contribution in [2.75, 3.05) is 7.11 Å². The number of methoxy groups -OCH3 is 1. The van der Waals surface area contributed by atoms with Gasteiger partial charge in [0.2, 0.25) is 0 Å². The van der Waals surface area contributed by atoms with Gasteiger partial charge in [0.15, 0.2) is 0 Å². The van der Waals surface area contributed by atoms with E-state index in [4.69, 9.17) is 4.74 Å². The van der Waals surface area contributed by atoms with Gasteiger partial charge in [0, 0.05) is 22.7 Å². The van der Waals surface area contributed by atoms with Gasteiger partial charge in [0.1, 0.15) is 5.54 Å². The predicted octanol–water partition coefficient (Wildman–Crippen LogP) is 2.77. The lowest BCUT2D eigenvalue weighted by Crippen LogP contribution is -2.56. The number of carbonyl (C=O) groups is 2. The van der Waals surface area contributed by atoms with Gasteiger partial charge in [0.25, 0.3) is 5.91 Å². The Labute approximate surface area is 129 Å². The summed E-state index contributed by atoms with van der Waals surface area (Å²) in [5.74, 6) is -0.571. The van der Waals surface area contributed by atoms with Crippen LogP contribution in [0.1, 0.15) is 42.5 Å². The zero-order chi connectivity index (χ0) is 15.6. The van der Waals surface area contributed by atoms with E-state index in [9.17, 15) is 9.59 Å². The number of H-pyrrole nitrogens is 1. The fourth-order valence-corrected chi connectivity index (χ4v) is 3.21. The molecule has 1 heterocycles. The summed E-state index contributed by atoms with van der Waals surface area (Å²) in [4.78, 5) is 27.9. The Morgan fingerprint density at radius 2 is 1.95 bits per heavy atom. The number of fused-ring (bicyclic) bond motifs is 1. The minimum Gasteiger partial charge on any atom is -0.467 e. The SMILES string of the molecule is COC(=O)C1(NC(=O)c2ccc3[nH]ccc3c2)CCCCC1. The zero-order valence-electron chi connectivity index (χ0n) is 12.6. The molecular formula is C17H20N2O3. The number of esters is 1. The Hall–Kier alpha value is -2.30. The van der Waals surface area contributed by atoms with Crippen molar-refractivity contribution in [3.05, 3.63) is 36.0 Å². The van der Waals surface area contributed by atoms with E-state index in [2.05, 4.69) is 10.3 Å². The van der Waals surface area contributed by atoms with Crippen molar-refractivity contribution in [2.45, 2.75) is 37.6 Å². The molecule has 116 valence electrons. The molecular weight excluding hydrogens is 280 g/mol. The third-order valence-corrected chi connectivity index (χ3v) is 4.45. The summed E-state index contributed by atoms with van der Waals surface area (Å²) in [7, 11) is 1.37. The van der Waals surface area contributed by atoms with Crippen molar-refractivity contribution < 1.29 is 14.3 Å². The molecule has 1 aromatic heterocycles. The number of ether oxygens (including phenoxy) is 1. The Balaban J connectivity index is 1.85. The Morgan fingerprint density at radius 3 is 2.68 bits per heavy atom. The molecule has 1 aliphatic rings. The molecule has 0 aliphatic heterocycles. The second kappa shape index (κ2) is 5.83. The van der Waals surface area contributed by atoms with Crippen LogP contribution in [0.2, 0.25) is 0 Å². The van der Waals surface area contributed by atoms with E-state index in [1.807, 2.05) is 24.4 Å². The Morgan fingerprint density at radius 1 is 1.18 bits per heavy atom. The van der Waals surface area contributed by atoms with Crippen molar-refractivity contribution in [2.24, 2.45) is 0 Å². The van der Waals surface area contributed by atoms with Crippen molar-refractivity contribution >= 4 is 22.8 Å². The molecule has 22 heavy (non-hydrogen) atoms. The van der Waals surface area contributed by atoms with Crippen LogP contribution in [-0.4, -0.2) is 29.5 Å². The lowest BCUT2D eigenvalue weighted by atomic mass is 9.81. The molecule has 0 bridgehead atoms. The molecule has 1 saturated carbocycles. The average molecular weight is 300 g/mol. The summed E-state index contributed by atoms with van der Waals surface area (Å²) in [6.07, 6.45) is 6.04. The van der Waals surface area contributed by atoms with Crippen LogP contribution in [0.25, 0.3) is 10.9 Å². The molecule has 0 atom stereocenters. The molecule has 0 spiro atoms. The second-order valence-corrected chi connectivity index (χ2v) is 5.87. The fourth-order valence-electron chi connectivity index (χ4n) is 3.21. The highest BCUT2D eigenvalue weighted by Crippen LogP contribution is 2.30. The topological polar surface area (TPSA) is 71.2 Å². The normalized spacial score (nSPS) is 17.1. The maximum Gasteiger partial charge on any atom is 0.331 e. The highest BCUT2D eigenvalue weighted by molar-refractivity contribution is 6.00. The third kappa shape index (κ3) is 2.58. The largest absolute Gasteiger partial charge is 0.467 e. The molecule has 1 amide bonds. The highest BCUT2D eigenvalue weighted by Gasteiger charge is 2.42. The first-order chi connectivity index (χ1) is 10.6. The van der Waals surface area contributed by atoms with Gasteiger partial charge in [-0.15, -0.1) is 0 Å². The second-order valence-electron chi connectivity index (χ2n) is 5.87. The van der Waals surface area contributed by atoms with Crippen LogP contribution in [0, 0.1) is 0 Å². The van der Waals surface area contributed by atoms with E-state index in [-0.39, 0.29) is 11.9 Å². The van der Waals surface area contributed by atoms with Crippen LogP contribution >= 0.6 is 0 Å². The van der Waals surface area contributed by atoms with E-state index in [1.54, 1.807) is 6.07 Å². The minimum absolute atomic E-state index is 0.226. The molecule has 2 N–H and O–H groups in total. The van der Waals surface area contributed by atoms with E-state index >= 15 is 0 Å². The number of aromatic nitrogens is 1. The van der Waals surface area contributed by atoms with Crippen LogP contribution in [0.3, 0.4) is 0 Å². The van der Waals surface area contributed by atoms with Gasteiger partial charge in [-0.2, -0.15) is 0 Å². The van der Waals surface area contributed by atoms with Crippen LogP contribution in [0.4, 0.5) is 0 Å². The molecule has 0 saturated heterocycles. The average Bonchev–Trinajstić information content (AvgIpc) is 3.02. The summed E-state index contributed by atoms with van der Waals surface area (Å²) in [6.45, 7) is 0. The maximum atomic E-state index is 12.6. The van der Waals surface area contributed by atoms with Crippen molar-refractivity contribution in [1.82, 2.24) is 10.3 Å². The molecule has 1 aromatic carbocycles. The molecule has 5 nitrogen and oxygen atoms in total. The number of amides is 1. The number of nitrogens with one attached hydrogen (secondary N) is 2. The van der Waals surface area contributed by atoms with E-state index in [0.717, 1.165) is 30.2 Å². The Bertz CT molecular complexity index is 699. The molecule has 1 aliphatic carbocycles. The molecule has 2 aromatic rings. The smallest absolute Gasteiger partial charge is 0.331 e. The number of hydrogen-bond donors (Lipinski definition) is 2. The summed E-state index contributed by atoms with van der Waals surface area (Å²) in [6, 6.07) is 7.38. The molecule has 0 unspecified atom stereocenters. The summed E-state index contributed by atoms with van der Waals surface area (Å²) >= 11 is 0. The molecule has 5 heteroatoms. The van der Waals surface area contributed by atoms with E-state index in [1.165, 1.54) is 7.11 Å². The third-order valence-electron chi connectivity index (χ3n) is 4.45. The Kier molecular flexibility index (Phi) is 3.88. The predicted molar refractivity (Wildman–Crippen MR) is 83.6 cm³/mol. The fraction of sp³-hybridized carbons (Fsp3) is 0.412. The minimum atomic E-state index is -0.878. The quantitative estimate of drug-likeness (QED) is 0.856. The first-order valence-corrected chi connectivity index (χ1v) is 7.63. The van der Waals surface area contributed by atoms with Gasteiger partial charge in [-0.3, -0.25) is 4.79 Å². The number of rotatable bonds is 3. The summed E-state index contributed by atoms with van der Waals surface area (Å²) in [5.41, 5.74) is 0.662. The number of hydrogen-bond acceptors (Lipinski definition) is 3. The van der Waals surface area contributed by atoms with E-state index < -0.39 is 5.54 Å². The first-order valence-electron chi connectivity index (χ1n) is 7.63. The number of benzene rings is 1. The van der Waals surface area contributed by atoms with Gasteiger partial charge >= 0.3 is 5.97 Å². The monoisotopic (exact) mass is 300 g/mol. The standard InChI is InChI=1S/C17H20N2O3/c1-22-16(21)17(8-3-2-4-9-17)19-15(20)13-5-6-14-12(11-13)7-10-18-14/h5-7,10-11,18H,2-4,8-9H2,1H3,(H,19,20). The number of carbonyl (C=O) groups excluding carboxylic acids is 2. The van der Waals surface area contributed by atoms with E-state index in [0.29, 0.717) is 18.4 Å². The van der Waals surface area contributed by atoms with Gasteiger partial charge in [-0.05, 0) is 37.1 Å². The van der Waals surface area contributed by atoms with Crippen molar-refractivity contribution in [3.8, 4) is 0 Å². The van der Waals surface area contributed by atoms with Crippen LogP contribution in [0.15, 0.2) is 30.5 Å². The maximum absolute atomic E-state index is 12.6. The van der Waals surface area contributed by atoms with Crippen molar-refractivity contribution in [3.63, 3.8) is 0 Å². The highest BCUT2D eigenvalue weighted by atomic mass is 16.5. The van der Waals surface area contributed by atoms with Crippen LogP contribution in [0.5, 0.6) is 0 Å². The van der Waals surface area contributed by atoms with Gasteiger partial charge in [0.05, 0.1) is 7.11 Å². The molecule has 3 rings (SSSR count).